The summed E-state index contributed by atoms with van der Waals surface area (Å²) in [5.41, 5.74) is 0.716. The van der Waals surface area contributed by atoms with E-state index >= 15 is 0 Å². The number of aromatic nitrogens is 3. The molecule has 0 unspecified atom stereocenters. The molecule has 0 aromatic carbocycles. The number of hydrogen-bond acceptors (Lipinski definition) is 3. The molecule has 13 heavy (non-hydrogen) atoms. The highest BCUT2D eigenvalue weighted by atomic mass is 35.5. The van der Waals surface area contributed by atoms with Crippen molar-refractivity contribution in [1.29, 1.82) is 0 Å². The Balaban J connectivity index is 2.53. The van der Waals surface area contributed by atoms with Gasteiger partial charge in [0.15, 0.2) is 10.9 Å². The summed E-state index contributed by atoms with van der Waals surface area (Å²) in [6.45, 7) is 0. The van der Waals surface area contributed by atoms with Crippen LogP contribution in [-0.4, -0.2) is 19.9 Å². The standard InChI is InChI=1S/C8H6ClN3O/c9-8-7(13)5-11-12(8)6-2-1-3-10-4-6/h1-5,13H. The van der Waals surface area contributed by atoms with Crippen LogP contribution >= 0.6 is 11.6 Å². The first kappa shape index (κ1) is 8.07. The zero-order valence-electron chi connectivity index (χ0n) is 6.55. The van der Waals surface area contributed by atoms with Gasteiger partial charge in [0, 0.05) is 6.20 Å². The quantitative estimate of drug-likeness (QED) is 0.753. The molecule has 0 bridgehead atoms. The van der Waals surface area contributed by atoms with Gasteiger partial charge in [-0.2, -0.15) is 5.10 Å². The summed E-state index contributed by atoms with van der Waals surface area (Å²) in [6.07, 6.45) is 4.55. The van der Waals surface area contributed by atoms with E-state index in [9.17, 15) is 0 Å². The Hall–Kier alpha value is -1.55. The maximum Gasteiger partial charge on any atom is 0.174 e. The van der Waals surface area contributed by atoms with Crippen LogP contribution in [-0.2, 0) is 0 Å². The Morgan fingerprint density at radius 3 is 2.77 bits per heavy atom. The Labute approximate surface area is 79.4 Å². The zero-order valence-corrected chi connectivity index (χ0v) is 7.31. The summed E-state index contributed by atoms with van der Waals surface area (Å²) in [5.74, 6) is -0.0366. The number of halogens is 1. The van der Waals surface area contributed by atoms with Crippen molar-refractivity contribution in [3.05, 3.63) is 35.9 Å². The number of aromatic hydroxyl groups is 1. The third-order valence-electron chi connectivity index (χ3n) is 1.58. The van der Waals surface area contributed by atoms with Gasteiger partial charge in [-0.15, -0.1) is 0 Å². The summed E-state index contributed by atoms with van der Waals surface area (Å²) in [4.78, 5) is 3.91. The van der Waals surface area contributed by atoms with Crippen molar-refractivity contribution in [3.63, 3.8) is 0 Å². The maximum atomic E-state index is 9.17. The van der Waals surface area contributed by atoms with Crippen LogP contribution in [0.2, 0.25) is 5.15 Å². The second-order valence-corrected chi connectivity index (χ2v) is 2.80. The topological polar surface area (TPSA) is 50.9 Å². The molecule has 0 aliphatic rings. The number of pyridine rings is 1. The first-order valence-electron chi connectivity index (χ1n) is 3.62. The van der Waals surface area contributed by atoms with Crippen LogP contribution in [0.1, 0.15) is 0 Å². The van der Waals surface area contributed by atoms with E-state index < -0.39 is 0 Å². The monoisotopic (exact) mass is 195 g/mol. The number of rotatable bonds is 1. The molecule has 2 aromatic rings. The lowest BCUT2D eigenvalue weighted by molar-refractivity contribution is 0.475. The van der Waals surface area contributed by atoms with E-state index in [1.54, 1.807) is 24.5 Å². The first-order valence-corrected chi connectivity index (χ1v) is 4.00. The highest BCUT2D eigenvalue weighted by Crippen LogP contribution is 2.24. The third kappa shape index (κ3) is 1.36. The summed E-state index contributed by atoms with van der Waals surface area (Å²) in [7, 11) is 0. The molecule has 0 atom stereocenters. The van der Waals surface area contributed by atoms with Crippen molar-refractivity contribution in [3.8, 4) is 11.4 Å². The van der Waals surface area contributed by atoms with E-state index in [2.05, 4.69) is 10.1 Å². The van der Waals surface area contributed by atoms with Gasteiger partial charge < -0.3 is 5.11 Å². The summed E-state index contributed by atoms with van der Waals surface area (Å²) in [5, 5.41) is 13.2. The van der Waals surface area contributed by atoms with Crippen LogP contribution in [0.4, 0.5) is 0 Å². The minimum Gasteiger partial charge on any atom is -0.504 e. The third-order valence-corrected chi connectivity index (χ3v) is 1.94. The van der Waals surface area contributed by atoms with Crippen molar-refractivity contribution < 1.29 is 5.11 Å². The van der Waals surface area contributed by atoms with Crippen molar-refractivity contribution in [2.45, 2.75) is 0 Å². The van der Waals surface area contributed by atoms with E-state index in [0.29, 0.717) is 5.69 Å². The first-order chi connectivity index (χ1) is 6.29. The Bertz CT molecular complexity index is 413. The Morgan fingerprint density at radius 2 is 2.23 bits per heavy atom. The molecule has 0 amide bonds. The van der Waals surface area contributed by atoms with Crippen molar-refractivity contribution in [1.82, 2.24) is 14.8 Å². The fraction of sp³-hybridized carbons (Fsp3) is 0. The lowest BCUT2D eigenvalue weighted by Crippen LogP contribution is -1.95. The van der Waals surface area contributed by atoms with Crippen LogP contribution in [0.5, 0.6) is 5.75 Å². The molecule has 66 valence electrons. The average Bonchev–Trinajstić information content (AvgIpc) is 2.49. The van der Waals surface area contributed by atoms with Crippen LogP contribution in [0.15, 0.2) is 30.7 Å². The number of nitrogens with zero attached hydrogens (tertiary/aromatic N) is 3. The van der Waals surface area contributed by atoms with Crippen LogP contribution in [0, 0.1) is 0 Å². The smallest absolute Gasteiger partial charge is 0.174 e. The van der Waals surface area contributed by atoms with E-state index in [-0.39, 0.29) is 10.9 Å². The van der Waals surface area contributed by atoms with Gasteiger partial charge in [-0.25, -0.2) is 4.68 Å². The van der Waals surface area contributed by atoms with Gasteiger partial charge in [-0.1, -0.05) is 11.6 Å². The molecule has 0 fully saturated rings. The SMILES string of the molecule is Oc1cnn(-c2cccnc2)c1Cl. The van der Waals surface area contributed by atoms with Gasteiger partial charge in [-0.05, 0) is 12.1 Å². The zero-order chi connectivity index (χ0) is 9.26. The van der Waals surface area contributed by atoms with E-state index in [1.807, 2.05) is 0 Å². The molecule has 2 aromatic heterocycles. The van der Waals surface area contributed by atoms with Gasteiger partial charge in [0.05, 0.1) is 18.1 Å². The molecule has 0 spiro atoms. The molecule has 0 saturated heterocycles. The Kier molecular flexibility index (Phi) is 1.90. The van der Waals surface area contributed by atoms with Gasteiger partial charge in [-0.3, -0.25) is 4.98 Å². The second-order valence-electron chi connectivity index (χ2n) is 2.44. The fourth-order valence-corrected chi connectivity index (χ4v) is 1.17. The van der Waals surface area contributed by atoms with Crippen molar-refractivity contribution in [2.24, 2.45) is 0 Å². The molecular weight excluding hydrogens is 190 g/mol. The molecule has 0 aliphatic carbocycles. The molecule has 0 radical (unpaired) electrons. The van der Waals surface area contributed by atoms with E-state index in [1.165, 1.54) is 10.9 Å². The van der Waals surface area contributed by atoms with Gasteiger partial charge >= 0.3 is 0 Å². The minimum absolute atomic E-state index is 0.0366. The minimum atomic E-state index is -0.0366. The van der Waals surface area contributed by atoms with E-state index in [0.717, 1.165) is 0 Å². The highest BCUT2D eigenvalue weighted by Gasteiger charge is 2.07. The molecule has 2 rings (SSSR count). The summed E-state index contributed by atoms with van der Waals surface area (Å²) in [6, 6.07) is 3.57. The largest absolute Gasteiger partial charge is 0.504 e. The van der Waals surface area contributed by atoms with Crippen molar-refractivity contribution in [2.75, 3.05) is 0 Å². The predicted molar refractivity (Wildman–Crippen MR) is 48.0 cm³/mol. The lowest BCUT2D eigenvalue weighted by atomic mass is 10.4. The van der Waals surface area contributed by atoms with Crippen LogP contribution in [0.25, 0.3) is 5.69 Å². The molecular formula is C8H6ClN3O. The van der Waals surface area contributed by atoms with Gasteiger partial charge in [0.2, 0.25) is 0 Å². The molecule has 2 heterocycles. The molecule has 0 saturated carbocycles. The summed E-state index contributed by atoms with van der Waals surface area (Å²) < 4.78 is 1.41. The van der Waals surface area contributed by atoms with Crippen LogP contribution in [0.3, 0.4) is 0 Å². The molecule has 5 heteroatoms. The normalized spacial score (nSPS) is 10.2. The highest BCUT2D eigenvalue weighted by molar-refractivity contribution is 6.31. The molecule has 0 aliphatic heterocycles. The Morgan fingerprint density at radius 1 is 1.38 bits per heavy atom. The van der Waals surface area contributed by atoms with Crippen molar-refractivity contribution >= 4 is 11.6 Å². The number of hydrogen-bond donors (Lipinski definition) is 1. The van der Waals surface area contributed by atoms with Crippen LogP contribution < -0.4 is 0 Å². The van der Waals surface area contributed by atoms with Gasteiger partial charge in [0.25, 0.3) is 0 Å². The van der Waals surface area contributed by atoms with E-state index in [4.69, 9.17) is 16.7 Å². The molecule has 4 nitrogen and oxygen atoms in total. The lowest BCUT2D eigenvalue weighted by Gasteiger charge is -2.00. The second kappa shape index (κ2) is 3.06. The molecule has 1 N–H and O–H groups in total. The predicted octanol–water partition coefficient (Wildman–Crippen LogP) is 1.63. The fourth-order valence-electron chi connectivity index (χ4n) is 0.984. The maximum absolute atomic E-state index is 9.17. The average molecular weight is 196 g/mol. The van der Waals surface area contributed by atoms with Gasteiger partial charge in [0.1, 0.15) is 0 Å². The summed E-state index contributed by atoms with van der Waals surface area (Å²) >= 11 is 5.77.